The number of nitrogens with one attached hydrogen (secondary N) is 1. The fourth-order valence-electron chi connectivity index (χ4n) is 1.24. The molecule has 0 bridgehead atoms. The van der Waals surface area contributed by atoms with Crippen LogP contribution in [0, 0.1) is 0 Å². The highest BCUT2D eigenvalue weighted by atomic mass is 16.5. The summed E-state index contributed by atoms with van der Waals surface area (Å²) >= 11 is 0. The Hall–Kier alpha value is -1.55. The van der Waals surface area contributed by atoms with Gasteiger partial charge in [0.15, 0.2) is 6.61 Å². The van der Waals surface area contributed by atoms with E-state index >= 15 is 0 Å². The second kappa shape index (κ2) is 4.99. The molecule has 88 valence electrons. The first-order valence-corrected chi connectivity index (χ1v) is 5.16. The Labute approximate surface area is 95.8 Å². The molecular weight excluding hydrogens is 204 g/mol. The van der Waals surface area contributed by atoms with Gasteiger partial charge in [0.1, 0.15) is 5.75 Å². The van der Waals surface area contributed by atoms with E-state index in [0.29, 0.717) is 5.75 Å². The van der Waals surface area contributed by atoms with Gasteiger partial charge in [-0.05, 0) is 23.1 Å². The summed E-state index contributed by atoms with van der Waals surface area (Å²) in [4.78, 5) is 10.9. The Morgan fingerprint density at radius 1 is 1.44 bits per heavy atom. The number of hydrogen-bond acceptors (Lipinski definition) is 3. The van der Waals surface area contributed by atoms with Crippen LogP contribution in [0.2, 0.25) is 0 Å². The third-order valence-corrected chi connectivity index (χ3v) is 2.23. The lowest BCUT2D eigenvalue weighted by atomic mass is 9.87. The van der Waals surface area contributed by atoms with E-state index in [0.717, 1.165) is 5.56 Å². The van der Waals surface area contributed by atoms with Crippen molar-refractivity contribution in [2.75, 3.05) is 6.61 Å². The van der Waals surface area contributed by atoms with Gasteiger partial charge in [-0.1, -0.05) is 32.9 Å². The van der Waals surface area contributed by atoms with Crippen LogP contribution < -0.4 is 16.0 Å². The molecule has 0 aromatic heterocycles. The normalized spacial score (nSPS) is 11.0. The molecule has 0 saturated heterocycles. The van der Waals surface area contributed by atoms with Crippen LogP contribution in [0.1, 0.15) is 26.3 Å². The van der Waals surface area contributed by atoms with Crippen LogP contribution in [-0.4, -0.2) is 12.5 Å². The summed E-state index contributed by atoms with van der Waals surface area (Å²) in [5, 5.41) is 0. The minimum atomic E-state index is -0.346. The minimum absolute atomic E-state index is 0.0650. The molecule has 0 fully saturated rings. The Morgan fingerprint density at radius 3 is 2.69 bits per heavy atom. The van der Waals surface area contributed by atoms with Crippen molar-refractivity contribution < 1.29 is 9.53 Å². The fraction of sp³-hybridized carbons (Fsp3) is 0.417. The first-order chi connectivity index (χ1) is 7.43. The quantitative estimate of drug-likeness (QED) is 0.461. The van der Waals surface area contributed by atoms with Crippen molar-refractivity contribution >= 4 is 5.91 Å². The number of amides is 1. The molecule has 4 heteroatoms. The van der Waals surface area contributed by atoms with Gasteiger partial charge in [0, 0.05) is 0 Å². The molecule has 4 nitrogen and oxygen atoms in total. The standard InChI is InChI=1S/C12H18N2O2/c1-12(2,3)9-5-4-6-10(7-9)16-8-11(15)14-13/h4-7H,8,13H2,1-3H3,(H,14,15). The number of nitrogens with two attached hydrogens (primary N) is 1. The van der Waals surface area contributed by atoms with Gasteiger partial charge in [0.2, 0.25) is 0 Å². The zero-order valence-electron chi connectivity index (χ0n) is 9.91. The molecule has 0 atom stereocenters. The molecule has 1 rings (SSSR count). The van der Waals surface area contributed by atoms with E-state index in [9.17, 15) is 4.79 Å². The predicted molar refractivity (Wildman–Crippen MR) is 63.0 cm³/mol. The summed E-state index contributed by atoms with van der Waals surface area (Å²) in [6.45, 7) is 6.31. The topological polar surface area (TPSA) is 64.3 Å². The maximum Gasteiger partial charge on any atom is 0.271 e. The van der Waals surface area contributed by atoms with E-state index < -0.39 is 0 Å². The van der Waals surface area contributed by atoms with E-state index in [4.69, 9.17) is 10.6 Å². The van der Waals surface area contributed by atoms with Crippen LogP contribution in [0.3, 0.4) is 0 Å². The van der Waals surface area contributed by atoms with Gasteiger partial charge in [-0.25, -0.2) is 5.84 Å². The first-order valence-electron chi connectivity index (χ1n) is 5.16. The number of hydrogen-bond donors (Lipinski definition) is 2. The highest BCUT2D eigenvalue weighted by Crippen LogP contribution is 2.25. The SMILES string of the molecule is CC(C)(C)c1cccc(OCC(=O)NN)c1. The molecule has 3 N–H and O–H groups in total. The molecule has 0 aliphatic heterocycles. The van der Waals surface area contributed by atoms with Crippen LogP contribution >= 0.6 is 0 Å². The van der Waals surface area contributed by atoms with Crippen molar-refractivity contribution in [3.05, 3.63) is 29.8 Å². The zero-order chi connectivity index (χ0) is 12.2. The van der Waals surface area contributed by atoms with E-state index in [1.165, 1.54) is 0 Å². The summed E-state index contributed by atoms with van der Waals surface area (Å²) in [7, 11) is 0. The average Bonchev–Trinajstić information content (AvgIpc) is 2.25. The van der Waals surface area contributed by atoms with Crippen LogP contribution in [0.25, 0.3) is 0 Å². The van der Waals surface area contributed by atoms with E-state index in [2.05, 4.69) is 20.8 Å². The first kappa shape index (κ1) is 12.5. The minimum Gasteiger partial charge on any atom is -0.484 e. The van der Waals surface area contributed by atoms with Crippen molar-refractivity contribution in [1.29, 1.82) is 0 Å². The fourth-order valence-corrected chi connectivity index (χ4v) is 1.24. The van der Waals surface area contributed by atoms with Crippen LogP contribution in [0.5, 0.6) is 5.75 Å². The number of carbonyl (C=O) groups is 1. The molecule has 0 aliphatic carbocycles. The Balaban J connectivity index is 2.72. The Morgan fingerprint density at radius 2 is 2.12 bits per heavy atom. The number of benzene rings is 1. The number of ether oxygens (including phenoxy) is 1. The summed E-state index contributed by atoms with van der Waals surface area (Å²) in [6, 6.07) is 7.70. The summed E-state index contributed by atoms with van der Waals surface area (Å²) in [5.41, 5.74) is 3.25. The molecular formula is C12H18N2O2. The Kier molecular flexibility index (Phi) is 3.90. The molecule has 0 heterocycles. The van der Waals surface area contributed by atoms with Crippen LogP contribution in [0.15, 0.2) is 24.3 Å². The number of hydrazine groups is 1. The zero-order valence-corrected chi connectivity index (χ0v) is 9.91. The molecule has 1 aromatic carbocycles. The predicted octanol–water partition coefficient (Wildman–Crippen LogP) is 1.35. The summed E-state index contributed by atoms with van der Waals surface area (Å²) < 4.78 is 5.30. The van der Waals surface area contributed by atoms with Crippen molar-refractivity contribution in [2.45, 2.75) is 26.2 Å². The second-order valence-corrected chi connectivity index (χ2v) is 4.63. The van der Waals surface area contributed by atoms with Crippen LogP contribution in [-0.2, 0) is 10.2 Å². The van der Waals surface area contributed by atoms with Crippen molar-refractivity contribution in [3.63, 3.8) is 0 Å². The van der Waals surface area contributed by atoms with Gasteiger partial charge < -0.3 is 4.74 Å². The van der Waals surface area contributed by atoms with E-state index in [-0.39, 0.29) is 17.9 Å². The maximum atomic E-state index is 10.9. The third kappa shape index (κ3) is 3.55. The van der Waals surface area contributed by atoms with Crippen molar-refractivity contribution in [2.24, 2.45) is 5.84 Å². The molecule has 1 aromatic rings. The lowest BCUT2D eigenvalue weighted by Crippen LogP contribution is -2.34. The number of carbonyl (C=O) groups excluding carboxylic acids is 1. The lowest BCUT2D eigenvalue weighted by molar-refractivity contribution is -0.123. The average molecular weight is 222 g/mol. The lowest BCUT2D eigenvalue weighted by Gasteiger charge is -2.19. The van der Waals surface area contributed by atoms with Crippen molar-refractivity contribution in [3.8, 4) is 5.75 Å². The molecule has 0 unspecified atom stereocenters. The third-order valence-electron chi connectivity index (χ3n) is 2.23. The smallest absolute Gasteiger partial charge is 0.271 e. The number of rotatable bonds is 3. The van der Waals surface area contributed by atoms with Gasteiger partial charge >= 0.3 is 0 Å². The highest BCUT2D eigenvalue weighted by Gasteiger charge is 2.14. The van der Waals surface area contributed by atoms with Gasteiger partial charge in [-0.15, -0.1) is 0 Å². The van der Waals surface area contributed by atoms with E-state index in [1.807, 2.05) is 29.7 Å². The maximum absolute atomic E-state index is 10.9. The van der Waals surface area contributed by atoms with Gasteiger partial charge in [-0.2, -0.15) is 0 Å². The Bertz CT molecular complexity index is 370. The van der Waals surface area contributed by atoms with Crippen LogP contribution in [0.4, 0.5) is 0 Å². The van der Waals surface area contributed by atoms with Crippen molar-refractivity contribution in [1.82, 2.24) is 5.43 Å². The summed E-state index contributed by atoms with van der Waals surface area (Å²) in [5.74, 6) is 5.29. The molecule has 1 amide bonds. The molecule has 0 aliphatic rings. The van der Waals surface area contributed by atoms with Gasteiger partial charge in [0.05, 0.1) is 0 Å². The summed E-state index contributed by atoms with van der Waals surface area (Å²) in [6.07, 6.45) is 0. The van der Waals surface area contributed by atoms with Gasteiger partial charge in [-0.3, -0.25) is 10.2 Å². The highest BCUT2D eigenvalue weighted by molar-refractivity contribution is 5.76. The second-order valence-electron chi connectivity index (χ2n) is 4.63. The molecule has 0 radical (unpaired) electrons. The largest absolute Gasteiger partial charge is 0.484 e. The molecule has 0 spiro atoms. The molecule has 0 saturated carbocycles. The van der Waals surface area contributed by atoms with Gasteiger partial charge in [0.25, 0.3) is 5.91 Å². The molecule has 16 heavy (non-hydrogen) atoms. The van der Waals surface area contributed by atoms with E-state index in [1.54, 1.807) is 0 Å². The monoisotopic (exact) mass is 222 g/mol.